The maximum Gasteiger partial charge on any atom is 0.224 e. The highest BCUT2D eigenvalue weighted by molar-refractivity contribution is 5.79. The van der Waals surface area contributed by atoms with Crippen molar-refractivity contribution < 1.29 is 9.90 Å². The van der Waals surface area contributed by atoms with E-state index in [4.69, 9.17) is 0 Å². The average molecular weight is 235 g/mol. The number of hydrogen-bond acceptors (Lipinski definition) is 2. The van der Waals surface area contributed by atoms with Gasteiger partial charge in [0, 0.05) is 11.6 Å². The molecule has 0 aliphatic carbocycles. The van der Waals surface area contributed by atoms with Gasteiger partial charge in [0.2, 0.25) is 5.91 Å². The highest BCUT2D eigenvalue weighted by Gasteiger charge is 2.21. The van der Waals surface area contributed by atoms with Crippen LogP contribution in [0.15, 0.2) is 24.3 Å². The van der Waals surface area contributed by atoms with Crippen molar-refractivity contribution in [2.75, 3.05) is 0 Å². The minimum Gasteiger partial charge on any atom is -0.508 e. The molecule has 0 aromatic heterocycles. The van der Waals surface area contributed by atoms with Crippen LogP contribution in [0, 0.1) is 5.41 Å². The number of aromatic hydroxyl groups is 1. The van der Waals surface area contributed by atoms with Crippen molar-refractivity contribution in [3.05, 3.63) is 29.8 Å². The Morgan fingerprint density at radius 1 is 1.35 bits per heavy atom. The van der Waals surface area contributed by atoms with Gasteiger partial charge in [0.25, 0.3) is 0 Å². The lowest BCUT2D eigenvalue weighted by molar-refractivity contribution is -0.121. The van der Waals surface area contributed by atoms with Gasteiger partial charge in [-0.2, -0.15) is 0 Å². The van der Waals surface area contributed by atoms with Crippen LogP contribution in [0.3, 0.4) is 0 Å². The van der Waals surface area contributed by atoms with Gasteiger partial charge in [-0.05, 0) is 18.4 Å². The van der Waals surface area contributed by atoms with E-state index in [1.165, 1.54) is 0 Å². The first-order valence-electron chi connectivity index (χ1n) is 5.87. The standard InChI is InChI=1S/C14H21NO2/c1-10(14(2,3)4)15-13(17)9-11-7-5-6-8-12(11)16/h5-8,10,16H,9H2,1-4H3,(H,15,17). The van der Waals surface area contributed by atoms with E-state index in [1.807, 2.05) is 13.0 Å². The molecule has 0 aliphatic rings. The number of rotatable bonds is 3. The molecule has 0 bridgehead atoms. The number of carbonyl (C=O) groups excluding carboxylic acids is 1. The summed E-state index contributed by atoms with van der Waals surface area (Å²) in [5.41, 5.74) is 0.695. The Balaban J connectivity index is 2.60. The molecule has 2 N–H and O–H groups in total. The number of amides is 1. The summed E-state index contributed by atoms with van der Waals surface area (Å²) in [5.74, 6) is 0.111. The van der Waals surface area contributed by atoms with Crippen LogP contribution in [0.5, 0.6) is 5.75 Å². The predicted molar refractivity (Wildman–Crippen MR) is 68.9 cm³/mol. The first-order valence-corrected chi connectivity index (χ1v) is 5.87. The molecule has 0 radical (unpaired) electrons. The normalized spacial score (nSPS) is 13.2. The van der Waals surface area contributed by atoms with Gasteiger partial charge in [-0.1, -0.05) is 39.0 Å². The smallest absolute Gasteiger partial charge is 0.224 e. The van der Waals surface area contributed by atoms with E-state index < -0.39 is 0 Å². The van der Waals surface area contributed by atoms with E-state index in [2.05, 4.69) is 26.1 Å². The average Bonchev–Trinajstić information content (AvgIpc) is 2.20. The fourth-order valence-electron chi connectivity index (χ4n) is 1.34. The minimum absolute atomic E-state index is 0.0361. The molecule has 3 nitrogen and oxygen atoms in total. The second kappa shape index (κ2) is 5.21. The van der Waals surface area contributed by atoms with Crippen molar-refractivity contribution in [2.45, 2.75) is 40.2 Å². The summed E-state index contributed by atoms with van der Waals surface area (Å²) in [6.07, 6.45) is 0.215. The van der Waals surface area contributed by atoms with E-state index in [0.717, 1.165) is 0 Å². The largest absolute Gasteiger partial charge is 0.508 e. The molecule has 94 valence electrons. The Labute approximate surface area is 103 Å². The maximum atomic E-state index is 11.8. The highest BCUT2D eigenvalue weighted by Crippen LogP contribution is 2.19. The van der Waals surface area contributed by atoms with E-state index in [-0.39, 0.29) is 29.5 Å². The molecule has 1 amide bonds. The monoisotopic (exact) mass is 235 g/mol. The van der Waals surface area contributed by atoms with E-state index >= 15 is 0 Å². The third-order valence-electron chi connectivity index (χ3n) is 3.02. The Morgan fingerprint density at radius 3 is 2.47 bits per heavy atom. The lowest BCUT2D eigenvalue weighted by Crippen LogP contribution is -2.42. The summed E-state index contributed by atoms with van der Waals surface area (Å²) in [6.45, 7) is 8.23. The van der Waals surface area contributed by atoms with E-state index in [9.17, 15) is 9.90 Å². The van der Waals surface area contributed by atoms with Crippen molar-refractivity contribution in [3.8, 4) is 5.75 Å². The Bertz CT molecular complexity index is 393. The summed E-state index contributed by atoms with van der Waals surface area (Å²) in [4.78, 5) is 11.8. The van der Waals surface area contributed by atoms with Gasteiger partial charge in [-0.3, -0.25) is 4.79 Å². The minimum atomic E-state index is -0.0612. The molecule has 1 aromatic rings. The van der Waals surface area contributed by atoms with Crippen LogP contribution in [0.4, 0.5) is 0 Å². The van der Waals surface area contributed by atoms with Gasteiger partial charge >= 0.3 is 0 Å². The second-order valence-electron chi connectivity index (χ2n) is 5.46. The molecule has 3 heteroatoms. The molecule has 1 atom stereocenters. The molecule has 0 saturated carbocycles. The zero-order valence-electron chi connectivity index (χ0n) is 10.9. The molecule has 1 aromatic carbocycles. The molecule has 1 rings (SSSR count). The maximum absolute atomic E-state index is 11.8. The SMILES string of the molecule is CC(NC(=O)Cc1ccccc1O)C(C)(C)C. The fourth-order valence-corrected chi connectivity index (χ4v) is 1.34. The molecule has 1 unspecified atom stereocenters. The summed E-state index contributed by atoms with van der Waals surface area (Å²) >= 11 is 0. The van der Waals surface area contributed by atoms with Crippen molar-refractivity contribution in [3.63, 3.8) is 0 Å². The summed E-state index contributed by atoms with van der Waals surface area (Å²) < 4.78 is 0. The molecular weight excluding hydrogens is 214 g/mol. The number of nitrogens with one attached hydrogen (secondary N) is 1. The number of hydrogen-bond donors (Lipinski definition) is 2. The van der Waals surface area contributed by atoms with E-state index in [0.29, 0.717) is 5.56 Å². The first kappa shape index (κ1) is 13.6. The Hall–Kier alpha value is -1.51. The van der Waals surface area contributed by atoms with Crippen molar-refractivity contribution in [1.29, 1.82) is 0 Å². The van der Waals surface area contributed by atoms with Crippen molar-refractivity contribution in [2.24, 2.45) is 5.41 Å². The number of carbonyl (C=O) groups is 1. The van der Waals surface area contributed by atoms with Crippen LogP contribution in [-0.2, 0) is 11.2 Å². The van der Waals surface area contributed by atoms with E-state index in [1.54, 1.807) is 18.2 Å². The molecule has 0 saturated heterocycles. The van der Waals surface area contributed by atoms with Crippen molar-refractivity contribution >= 4 is 5.91 Å². The molecular formula is C14H21NO2. The molecule has 0 fully saturated rings. The van der Waals surface area contributed by atoms with Gasteiger partial charge in [-0.25, -0.2) is 0 Å². The van der Waals surface area contributed by atoms with Crippen molar-refractivity contribution in [1.82, 2.24) is 5.32 Å². The number of para-hydroxylation sites is 1. The number of phenolic OH excluding ortho intramolecular Hbond substituents is 1. The third-order valence-corrected chi connectivity index (χ3v) is 3.02. The van der Waals surface area contributed by atoms with Crippen LogP contribution in [0.1, 0.15) is 33.3 Å². The molecule has 17 heavy (non-hydrogen) atoms. The molecule has 0 aliphatic heterocycles. The quantitative estimate of drug-likeness (QED) is 0.845. The Morgan fingerprint density at radius 2 is 1.94 bits per heavy atom. The third kappa shape index (κ3) is 4.10. The van der Waals surface area contributed by atoms with Gasteiger partial charge in [0.1, 0.15) is 5.75 Å². The van der Waals surface area contributed by atoms with Crippen LogP contribution >= 0.6 is 0 Å². The first-order chi connectivity index (χ1) is 7.80. The van der Waals surface area contributed by atoms with Gasteiger partial charge in [-0.15, -0.1) is 0 Å². The number of benzene rings is 1. The van der Waals surface area contributed by atoms with Crippen LogP contribution < -0.4 is 5.32 Å². The highest BCUT2D eigenvalue weighted by atomic mass is 16.3. The summed E-state index contributed by atoms with van der Waals surface area (Å²) in [5, 5.41) is 12.5. The summed E-state index contributed by atoms with van der Waals surface area (Å²) in [7, 11) is 0. The zero-order chi connectivity index (χ0) is 13.1. The lowest BCUT2D eigenvalue weighted by atomic mass is 9.88. The predicted octanol–water partition coefficient (Wildman–Crippen LogP) is 2.49. The molecule has 0 spiro atoms. The summed E-state index contributed by atoms with van der Waals surface area (Å²) in [6, 6.07) is 7.01. The fraction of sp³-hybridized carbons (Fsp3) is 0.500. The van der Waals surface area contributed by atoms with Crippen LogP contribution in [-0.4, -0.2) is 17.1 Å². The molecule has 0 heterocycles. The second-order valence-corrected chi connectivity index (χ2v) is 5.46. The topological polar surface area (TPSA) is 49.3 Å². The Kier molecular flexibility index (Phi) is 4.16. The van der Waals surface area contributed by atoms with Crippen LogP contribution in [0.25, 0.3) is 0 Å². The van der Waals surface area contributed by atoms with Crippen LogP contribution in [0.2, 0.25) is 0 Å². The lowest BCUT2D eigenvalue weighted by Gasteiger charge is -2.28. The van der Waals surface area contributed by atoms with Gasteiger partial charge in [0.05, 0.1) is 6.42 Å². The zero-order valence-corrected chi connectivity index (χ0v) is 10.9. The number of phenols is 1. The van der Waals surface area contributed by atoms with Gasteiger partial charge in [0.15, 0.2) is 0 Å². The van der Waals surface area contributed by atoms with Gasteiger partial charge < -0.3 is 10.4 Å².